The minimum atomic E-state index is -5.24. The molecule has 0 aliphatic carbocycles. The molecule has 0 rings (SSSR count). The van der Waals surface area contributed by atoms with Crippen LogP contribution in [-0.2, 0) is 20.2 Å². The van der Waals surface area contributed by atoms with Gasteiger partial charge in [0.1, 0.15) is 0 Å². The van der Waals surface area contributed by atoms with Crippen molar-refractivity contribution < 1.29 is 31.0 Å². The molecule has 0 aliphatic heterocycles. The fourth-order valence-corrected chi connectivity index (χ4v) is 1.20. The van der Waals surface area contributed by atoms with E-state index in [4.69, 9.17) is 14.2 Å². The van der Waals surface area contributed by atoms with Gasteiger partial charge < -0.3 is 5.11 Å². The molecule has 0 spiro atoms. The minimum absolute atomic E-state index is 0. The normalized spacial score (nSPS) is 13.7. The molecule has 0 fully saturated rings. The van der Waals surface area contributed by atoms with Gasteiger partial charge in [-0.2, -0.15) is 16.8 Å². The summed E-state index contributed by atoms with van der Waals surface area (Å²) in [6.45, 7) is 0.234. The summed E-state index contributed by atoms with van der Waals surface area (Å²) in [6, 6.07) is 0. The van der Waals surface area contributed by atoms with Crippen molar-refractivity contribution in [1.29, 1.82) is 0 Å². The first-order valence-corrected chi connectivity index (χ1v) is 5.04. The quantitative estimate of drug-likeness (QED) is 0.369. The van der Waals surface area contributed by atoms with E-state index >= 15 is 0 Å². The summed E-state index contributed by atoms with van der Waals surface area (Å²) in [4.78, 5) is 0. The summed E-state index contributed by atoms with van der Waals surface area (Å²) < 4.78 is 52.8. The molecular formula is C2H9O7S2Sb. The van der Waals surface area contributed by atoms with Crippen LogP contribution in [-0.4, -0.2) is 59.7 Å². The molecule has 0 aromatic rings. The molecule has 0 aliphatic rings. The molecule has 0 unspecified atom stereocenters. The van der Waals surface area contributed by atoms with Gasteiger partial charge in [-0.05, 0) is 6.92 Å². The van der Waals surface area contributed by atoms with E-state index in [9.17, 15) is 16.8 Å². The Labute approximate surface area is 86.7 Å². The summed E-state index contributed by atoms with van der Waals surface area (Å²) in [6.07, 6.45) is 0. The van der Waals surface area contributed by atoms with E-state index < -0.39 is 24.5 Å². The predicted octanol–water partition coefficient (Wildman–Crippen LogP) is -2.76. The van der Waals surface area contributed by atoms with E-state index in [0.29, 0.717) is 0 Å². The van der Waals surface area contributed by atoms with Crippen LogP contribution >= 0.6 is 0 Å². The van der Waals surface area contributed by atoms with Crippen molar-refractivity contribution >= 4 is 44.7 Å². The van der Waals surface area contributed by atoms with Gasteiger partial charge >= 0.3 is 48.9 Å². The van der Waals surface area contributed by atoms with Crippen molar-refractivity contribution in [3.63, 3.8) is 0 Å². The van der Waals surface area contributed by atoms with Crippen molar-refractivity contribution in [1.82, 2.24) is 0 Å². The summed E-state index contributed by atoms with van der Waals surface area (Å²) in [7, 11) is -10.5. The molecule has 76 valence electrons. The summed E-state index contributed by atoms with van der Waals surface area (Å²) in [5.41, 5.74) is 0. The molecule has 12 heavy (non-hydrogen) atoms. The van der Waals surface area contributed by atoms with Crippen LogP contribution in [0.5, 0.6) is 0 Å². The Morgan fingerprint density at radius 2 is 1.17 bits per heavy atom. The summed E-state index contributed by atoms with van der Waals surface area (Å²) in [5, 5.41) is 8.51. The topological polar surface area (TPSA) is 129 Å². The van der Waals surface area contributed by atoms with Crippen LogP contribution < -0.4 is 0 Å². The number of hydrogen-bond donors (Lipinski definition) is 3. The van der Waals surface area contributed by atoms with E-state index in [1.54, 1.807) is 0 Å². The van der Waals surface area contributed by atoms with Gasteiger partial charge in [0, 0.05) is 0 Å². The average molecular weight is 331 g/mol. The second-order valence-electron chi connectivity index (χ2n) is 1.85. The molecule has 0 radical (unpaired) electrons. The SMILES string of the molecule is CC(O)(S(=O)(=O)O)S(=O)(=O)O.[SbH3]. The van der Waals surface area contributed by atoms with Gasteiger partial charge in [0.15, 0.2) is 0 Å². The van der Waals surface area contributed by atoms with Crippen LogP contribution in [0.4, 0.5) is 0 Å². The van der Waals surface area contributed by atoms with Crippen LogP contribution in [0.15, 0.2) is 0 Å². The first-order valence-electron chi connectivity index (χ1n) is 2.16. The Balaban J connectivity index is 0. The van der Waals surface area contributed by atoms with Crippen molar-refractivity contribution in [3.05, 3.63) is 0 Å². The van der Waals surface area contributed by atoms with E-state index in [2.05, 4.69) is 0 Å². The second kappa shape index (κ2) is 3.77. The van der Waals surface area contributed by atoms with Crippen molar-refractivity contribution in [3.8, 4) is 0 Å². The Bertz CT molecular complexity index is 302. The zero-order valence-corrected chi connectivity index (χ0v) is 11.7. The zero-order chi connectivity index (χ0) is 9.50. The van der Waals surface area contributed by atoms with Crippen LogP contribution in [0, 0.1) is 0 Å². The fraction of sp³-hybridized carbons (Fsp3) is 1.00. The standard InChI is InChI=1S/C2H6O7S2.Sb.3H/c1-2(3,10(4,5)6)11(7,8)9;;;;/h3H,1H3,(H,4,5,6)(H,7,8,9);;;;. The third kappa shape index (κ3) is 2.82. The third-order valence-corrected chi connectivity index (χ3v) is 4.14. The average Bonchev–Trinajstić information content (AvgIpc) is 1.58. The van der Waals surface area contributed by atoms with Crippen LogP contribution in [0.1, 0.15) is 6.92 Å². The molecule has 0 heterocycles. The van der Waals surface area contributed by atoms with E-state index in [-0.39, 0.29) is 31.4 Å². The molecule has 10 heteroatoms. The van der Waals surface area contributed by atoms with E-state index in [1.807, 2.05) is 0 Å². The molecule has 0 bridgehead atoms. The van der Waals surface area contributed by atoms with Gasteiger partial charge in [-0.25, -0.2) is 0 Å². The van der Waals surface area contributed by atoms with Gasteiger partial charge in [-0.3, -0.25) is 9.11 Å². The molecule has 0 aromatic carbocycles. The Kier molecular flexibility index (Phi) is 4.74. The molecule has 0 saturated heterocycles. The summed E-state index contributed by atoms with van der Waals surface area (Å²) in [5.74, 6) is 0. The Morgan fingerprint density at radius 1 is 1.00 bits per heavy atom. The first kappa shape index (κ1) is 15.1. The van der Waals surface area contributed by atoms with Crippen molar-refractivity contribution in [2.45, 2.75) is 11.2 Å². The summed E-state index contributed by atoms with van der Waals surface area (Å²) >= 11 is 0. The van der Waals surface area contributed by atoms with Gasteiger partial charge in [-0.1, -0.05) is 0 Å². The monoisotopic (exact) mass is 330 g/mol. The van der Waals surface area contributed by atoms with Crippen LogP contribution in [0.3, 0.4) is 0 Å². The van der Waals surface area contributed by atoms with Gasteiger partial charge in [0.25, 0.3) is 0 Å². The predicted molar refractivity (Wildman–Crippen MR) is 43.7 cm³/mol. The molecule has 0 atom stereocenters. The van der Waals surface area contributed by atoms with E-state index in [0.717, 1.165) is 0 Å². The molecule has 0 saturated carbocycles. The zero-order valence-electron chi connectivity index (χ0n) is 6.00. The van der Waals surface area contributed by atoms with Gasteiger partial charge in [0.2, 0.25) is 0 Å². The number of aliphatic hydroxyl groups is 1. The first-order chi connectivity index (χ1) is 4.50. The molecule has 0 amide bonds. The fourth-order valence-electron chi connectivity index (χ4n) is 0.133. The van der Waals surface area contributed by atoms with E-state index in [1.165, 1.54) is 0 Å². The molecule has 3 N–H and O–H groups in total. The third-order valence-electron chi connectivity index (χ3n) is 0.957. The van der Waals surface area contributed by atoms with Gasteiger partial charge in [-0.15, -0.1) is 0 Å². The number of hydrogen-bond acceptors (Lipinski definition) is 5. The molecule has 7 nitrogen and oxygen atoms in total. The second-order valence-corrected chi connectivity index (χ2v) is 5.60. The van der Waals surface area contributed by atoms with Crippen molar-refractivity contribution in [2.75, 3.05) is 0 Å². The maximum absolute atomic E-state index is 10.1. The Morgan fingerprint density at radius 3 is 1.17 bits per heavy atom. The molecular weight excluding hydrogens is 322 g/mol. The van der Waals surface area contributed by atoms with Gasteiger partial charge in [0.05, 0.1) is 0 Å². The molecule has 0 aromatic heterocycles. The number of rotatable bonds is 2. The maximum atomic E-state index is 10.1. The van der Waals surface area contributed by atoms with Crippen LogP contribution in [0.2, 0.25) is 0 Å². The Hall–Kier alpha value is 0.598. The van der Waals surface area contributed by atoms with Crippen molar-refractivity contribution in [2.24, 2.45) is 0 Å². The van der Waals surface area contributed by atoms with Crippen LogP contribution in [0.25, 0.3) is 0 Å².